The van der Waals surface area contributed by atoms with Crippen LogP contribution < -0.4 is 0 Å². The van der Waals surface area contributed by atoms with E-state index in [1.54, 1.807) is 16.8 Å². The minimum Gasteiger partial charge on any atom is -0.294 e. The fourth-order valence-corrected chi connectivity index (χ4v) is 2.46. The summed E-state index contributed by atoms with van der Waals surface area (Å²) in [6.45, 7) is 7.29. The molecular formula is C15H17FN2O. The van der Waals surface area contributed by atoms with E-state index < -0.39 is 5.82 Å². The molecule has 0 amide bonds. The maximum atomic E-state index is 13.8. The molecule has 19 heavy (non-hydrogen) atoms. The fourth-order valence-electron chi connectivity index (χ4n) is 2.46. The number of carbonyl (C=O) groups excluding carboxylic acids is 1. The van der Waals surface area contributed by atoms with E-state index in [0.717, 1.165) is 23.4 Å². The van der Waals surface area contributed by atoms with Gasteiger partial charge in [-0.2, -0.15) is 5.10 Å². The Balaban J connectivity index is 2.73. The molecule has 0 saturated heterocycles. The quantitative estimate of drug-likeness (QED) is 0.793. The third-order valence-corrected chi connectivity index (χ3v) is 3.37. The van der Waals surface area contributed by atoms with Gasteiger partial charge in [-0.1, -0.05) is 13.0 Å². The molecule has 1 heterocycles. The fraction of sp³-hybridized carbons (Fsp3) is 0.333. The Morgan fingerprint density at radius 1 is 1.37 bits per heavy atom. The lowest BCUT2D eigenvalue weighted by Gasteiger charge is -2.10. The van der Waals surface area contributed by atoms with Crippen molar-refractivity contribution in [3.63, 3.8) is 0 Å². The van der Waals surface area contributed by atoms with Crippen LogP contribution in [0.5, 0.6) is 0 Å². The van der Waals surface area contributed by atoms with Gasteiger partial charge in [-0.3, -0.25) is 4.79 Å². The van der Waals surface area contributed by atoms with Crippen LogP contribution in [0.1, 0.15) is 41.2 Å². The lowest BCUT2D eigenvalue weighted by Crippen LogP contribution is -2.09. The normalized spacial score (nSPS) is 10.8. The van der Waals surface area contributed by atoms with Gasteiger partial charge < -0.3 is 0 Å². The van der Waals surface area contributed by atoms with Gasteiger partial charge in [-0.15, -0.1) is 0 Å². The summed E-state index contributed by atoms with van der Waals surface area (Å²) in [5.74, 6) is -0.797. The predicted octanol–water partition coefficient (Wildman–Crippen LogP) is 3.39. The molecule has 0 aliphatic heterocycles. The van der Waals surface area contributed by atoms with Gasteiger partial charge in [-0.05, 0) is 44.9 Å². The molecular weight excluding hydrogens is 243 g/mol. The van der Waals surface area contributed by atoms with Crippen molar-refractivity contribution >= 4 is 5.78 Å². The molecule has 0 radical (unpaired) electrons. The first-order valence-electron chi connectivity index (χ1n) is 6.32. The molecule has 0 spiro atoms. The monoisotopic (exact) mass is 260 g/mol. The van der Waals surface area contributed by atoms with E-state index in [4.69, 9.17) is 0 Å². The second kappa shape index (κ2) is 4.96. The minimum atomic E-state index is -0.504. The number of rotatable bonds is 3. The van der Waals surface area contributed by atoms with Gasteiger partial charge in [0.05, 0.1) is 16.9 Å². The van der Waals surface area contributed by atoms with Crippen LogP contribution in [0.25, 0.3) is 5.69 Å². The highest BCUT2D eigenvalue weighted by Crippen LogP contribution is 2.23. The zero-order valence-electron chi connectivity index (χ0n) is 11.6. The number of carbonyl (C=O) groups is 1. The Morgan fingerprint density at radius 2 is 2.05 bits per heavy atom. The molecule has 100 valence electrons. The highest BCUT2D eigenvalue weighted by atomic mass is 19.1. The standard InChI is InChI=1S/C15H17FN2O/c1-5-12-9(2)17-18(10(12)3)14-8-6-7-13(16)15(14)11(4)19/h6-8H,5H2,1-4H3. The average Bonchev–Trinajstić information content (AvgIpc) is 2.63. The van der Waals surface area contributed by atoms with Crippen molar-refractivity contribution in [2.75, 3.05) is 0 Å². The molecule has 0 N–H and O–H groups in total. The number of aryl methyl sites for hydroxylation is 1. The molecule has 2 aromatic rings. The molecule has 0 aliphatic carbocycles. The van der Waals surface area contributed by atoms with Gasteiger partial charge in [0.25, 0.3) is 0 Å². The molecule has 0 atom stereocenters. The van der Waals surface area contributed by atoms with E-state index in [0.29, 0.717) is 5.69 Å². The number of halogens is 1. The zero-order chi connectivity index (χ0) is 14.2. The minimum absolute atomic E-state index is 0.0933. The van der Waals surface area contributed by atoms with Crippen molar-refractivity contribution in [2.24, 2.45) is 0 Å². The first-order chi connectivity index (χ1) is 8.97. The summed E-state index contributed by atoms with van der Waals surface area (Å²) in [7, 11) is 0. The topological polar surface area (TPSA) is 34.9 Å². The van der Waals surface area contributed by atoms with Gasteiger partial charge in [0.15, 0.2) is 5.78 Å². The summed E-state index contributed by atoms with van der Waals surface area (Å²) in [6.07, 6.45) is 0.863. The predicted molar refractivity (Wildman–Crippen MR) is 72.4 cm³/mol. The summed E-state index contributed by atoms with van der Waals surface area (Å²) >= 11 is 0. The van der Waals surface area contributed by atoms with Crippen molar-refractivity contribution in [3.05, 3.63) is 46.5 Å². The third-order valence-electron chi connectivity index (χ3n) is 3.37. The summed E-state index contributed by atoms with van der Waals surface area (Å²) in [5, 5.41) is 4.43. The summed E-state index contributed by atoms with van der Waals surface area (Å²) in [6, 6.07) is 4.62. The highest BCUT2D eigenvalue weighted by Gasteiger charge is 2.18. The number of hydrogen-bond donors (Lipinski definition) is 0. The Labute approximate surface area is 112 Å². The first-order valence-corrected chi connectivity index (χ1v) is 6.32. The summed E-state index contributed by atoms with van der Waals surface area (Å²) in [5.41, 5.74) is 3.61. The van der Waals surface area contributed by atoms with E-state index in [9.17, 15) is 9.18 Å². The van der Waals surface area contributed by atoms with Crippen molar-refractivity contribution < 1.29 is 9.18 Å². The number of benzene rings is 1. The van der Waals surface area contributed by atoms with Gasteiger partial charge in [0, 0.05) is 5.69 Å². The Bertz CT molecular complexity index is 644. The lowest BCUT2D eigenvalue weighted by atomic mass is 10.1. The summed E-state index contributed by atoms with van der Waals surface area (Å²) < 4.78 is 15.5. The van der Waals surface area contributed by atoms with Crippen molar-refractivity contribution in [3.8, 4) is 5.69 Å². The van der Waals surface area contributed by atoms with Crippen LogP contribution in [0.2, 0.25) is 0 Å². The smallest absolute Gasteiger partial charge is 0.164 e. The van der Waals surface area contributed by atoms with Gasteiger partial charge >= 0.3 is 0 Å². The number of hydrogen-bond acceptors (Lipinski definition) is 2. The number of Topliss-reactive ketones (excluding diaryl/α,β-unsaturated/α-hetero) is 1. The van der Waals surface area contributed by atoms with Crippen molar-refractivity contribution in [1.29, 1.82) is 0 Å². The third kappa shape index (κ3) is 2.18. The van der Waals surface area contributed by atoms with E-state index in [1.165, 1.54) is 13.0 Å². The van der Waals surface area contributed by atoms with Gasteiger partial charge in [0.1, 0.15) is 5.82 Å². The number of nitrogens with zero attached hydrogens (tertiary/aromatic N) is 2. The molecule has 0 unspecified atom stereocenters. The number of ketones is 1. The maximum Gasteiger partial charge on any atom is 0.164 e. The van der Waals surface area contributed by atoms with Crippen molar-refractivity contribution in [2.45, 2.75) is 34.1 Å². The Kier molecular flexibility index (Phi) is 3.51. The van der Waals surface area contributed by atoms with E-state index in [1.807, 2.05) is 13.8 Å². The Hall–Kier alpha value is -1.97. The Morgan fingerprint density at radius 3 is 2.58 bits per heavy atom. The van der Waals surface area contributed by atoms with Gasteiger partial charge in [-0.25, -0.2) is 9.07 Å². The molecule has 1 aromatic heterocycles. The highest BCUT2D eigenvalue weighted by molar-refractivity contribution is 5.98. The first kappa shape index (κ1) is 13.5. The van der Waals surface area contributed by atoms with Crippen LogP contribution in [0.4, 0.5) is 4.39 Å². The van der Waals surface area contributed by atoms with Gasteiger partial charge in [0.2, 0.25) is 0 Å². The zero-order valence-corrected chi connectivity index (χ0v) is 11.6. The SMILES string of the molecule is CCc1c(C)nn(-c2cccc(F)c2C(C)=O)c1C. The maximum absolute atomic E-state index is 13.8. The second-order valence-electron chi connectivity index (χ2n) is 4.60. The van der Waals surface area contributed by atoms with Crippen LogP contribution in [0.3, 0.4) is 0 Å². The van der Waals surface area contributed by atoms with Crippen LogP contribution >= 0.6 is 0 Å². The lowest BCUT2D eigenvalue weighted by molar-refractivity contribution is 0.101. The van der Waals surface area contributed by atoms with E-state index in [2.05, 4.69) is 12.0 Å². The van der Waals surface area contributed by atoms with E-state index >= 15 is 0 Å². The largest absolute Gasteiger partial charge is 0.294 e. The average molecular weight is 260 g/mol. The van der Waals surface area contributed by atoms with Crippen LogP contribution in [0, 0.1) is 19.7 Å². The molecule has 4 heteroatoms. The van der Waals surface area contributed by atoms with Crippen LogP contribution in [-0.2, 0) is 6.42 Å². The molecule has 0 aliphatic rings. The summed E-state index contributed by atoms with van der Waals surface area (Å²) in [4.78, 5) is 11.7. The molecule has 0 fully saturated rings. The van der Waals surface area contributed by atoms with Crippen LogP contribution in [0.15, 0.2) is 18.2 Å². The van der Waals surface area contributed by atoms with Crippen LogP contribution in [-0.4, -0.2) is 15.6 Å². The molecule has 2 rings (SSSR count). The second-order valence-corrected chi connectivity index (χ2v) is 4.60. The number of aromatic nitrogens is 2. The molecule has 1 aromatic carbocycles. The van der Waals surface area contributed by atoms with E-state index in [-0.39, 0.29) is 11.3 Å². The molecule has 0 bridgehead atoms. The molecule has 3 nitrogen and oxygen atoms in total. The van der Waals surface area contributed by atoms with Crippen molar-refractivity contribution in [1.82, 2.24) is 9.78 Å². The molecule has 0 saturated carbocycles.